The minimum absolute atomic E-state index is 0.122. The van der Waals surface area contributed by atoms with Gasteiger partial charge < -0.3 is 10.1 Å². The molecule has 20 heavy (non-hydrogen) atoms. The van der Waals surface area contributed by atoms with Crippen LogP contribution in [0.5, 0.6) is 5.75 Å². The molecule has 0 aliphatic carbocycles. The Morgan fingerprint density at radius 1 is 1.20 bits per heavy atom. The number of anilines is 1. The van der Waals surface area contributed by atoms with Crippen LogP contribution in [0.4, 0.5) is 5.69 Å². The zero-order valence-corrected chi connectivity index (χ0v) is 12.6. The second kappa shape index (κ2) is 5.95. The van der Waals surface area contributed by atoms with Gasteiger partial charge in [0.1, 0.15) is 5.75 Å². The molecule has 0 fully saturated rings. The fourth-order valence-electron chi connectivity index (χ4n) is 2.01. The standard InChI is InChI=1S/C17H22N2O/c1-17(2,3)14-7-8-16(20-4)15(10-14)19-12-13-6-5-9-18-11-13/h5-11,19H,12H2,1-4H3. The number of aromatic nitrogens is 1. The number of hydrogen-bond donors (Lipinski definition) is 1. The van der Waals surface area contributed by atoms with Gasteiger partial charge in [0.2, 0.25) is 0 Å². The molecule has 3 nitrogen and oxygen atoms in total. The average Bonchev–Trinajstić information content (AvgIpc) is 2.45. The Morgan fingerprint density at radius 3 is 2.60 bits per heavy atom. The molecule has 2 rings (SSSR count). The molecule has 1 N–H and O–H groups in total. The zero-order chi connectivity index (χ0) is 14.6. The number of nitrogens with one attached hydrogen (secondary N) is 1. The van der Waals surface area contributed by atoms with Crippen molar-refractivity contribution in [3.05, 3.63) is 53.9 Å². The first-order chi connectivity index (χ1) is 9.50. The average molecular weight is 270 g/mol. The summed E-state index contributed by atoms with van der Waals surface area (Å²) < 4.78 is 5.42. The molecule has 0 radical (unpaired) electrons. The van der Waals surface area contributed by atoms with Crippen LogP contribution in [0.2, 0.25) is 0 Å². The van der Waals surface area contributed by atoms with Gasteiger partial charge >= 0.3 is 0 Å². The van der Waals surface area contributed by atoms with E-state index in [2.05, 4.69) is 49.3 Å². The van der Waals surface area contributed by atoms with Crippen molar-refractivity contribution in [2.24, 2.45) is 0 Å². The van der Waals surface area contributed by atoms with Gasteiger partial charge in [0.15, 0.2) is 0 Å². The SMILES string of the molecule is COc1ccc(C(C)(C)C)cc1NCc1cccnc1. The maximum atomic E-state index is 5.42. The van der Waals surface area contributed by atoms with Gasteiger partial charge in [0.05, 0.1) is 12.8 Å². The van der Waals surface area contributed by atoms with Gasteiger partial charge in [0.25, 0.3) is 0 Å². The minimum Gasteiger partial charge on any atom is -0.495 e. The number of ether oxygens (including phenoxy) is 1. The summed E-state index contributed by atoms with van der Waals surface area (Å²) in [5, 5.41) is 3.43. The number of benzene rings is 1. The smallest absolute Gasteiger partial charge is 0.141 e. The van der Waals surface area contributed by atoms with Gasteiger partial charge in [-0.3, -0.25) is 4.98 Å². The molecule has 0 atom stereocenters. The third-order valence-electron chi connectivity index (χ3n) is 3.27. The minimum atomic E-state index is 0.122. The highest BCUT2D eigenvalue weighted by Gasteiger charge is 2.15. The molecule has 0 saturated heterocycles. The Kier molecular flexibility index (Phi) is 4.28. The van der Waals surface area contributed by atoms with Crippen LogP contribution < -0.4 is 10.1 Å². The highest BCUT2D eigenvalue weighted by molar-refractivity contribution is 5.59. The van der Waals surface area contributed by atoms with Gasteiger partial charge in [-0.2, -0.15) is 0 Å². The summed E-state index contributed by atoms with van der Waals surface area (Å²) in [6.07, 6.45) is 3.65. The molecule has 106 valence electrons. The molecule has 0 spiro atoms. The van der Waals surface area contributed by atoms with Crippen molar-refractivity contribution in [3.8, 4) is 5.75 Å². The second-order valence-corrected chi connectivity index (χ2v) is 5.88. The fourth-order valence-corrected chi connectivity index (χ4v) is 2.01. The first kappa shape index (κ1) is 14.4. The predicted octanol–water partition coefficient (Wildman–Crippen LogP) is 4.00. The highest BCUT2D eigenvalue weighted by Crippen LogP contribution is 2.31. The van der Waals surface area contributed by atoms with Crippen molar-refractivity contribution >= 4 is 5.69 Å². The van der Waals surface area contributed by atoms with E-state index in [4.69, 9.17) is 4.74 Å². The van der Waals surface area contributed by atoms with E-state index in [1.807, 2.05) is 18.3 Å². The molecular formula is C17H22N2O. The molecule has 0 bridgehead atoms. The summed E-state index contributed by atoms with van der Waals surface area (Å²) in [4.78, 5) is 4.13. The Bertz CT molecular complexity index is 559. The normalized spacial score (nSPS) is 11.2. The van der Waals surface area contributed by atoms with Crippen LogP contribution in [0, 0.1) is 0 Å². The van der Waals surface area contributed by atoms with Crippen molar-refractivity contribution in [1.29, 1.82) is 0 Å². The van der Waals surface area contributed by atoms with E-state index in [-0.39, 0.29) is 5.41 Å². The fraction of sp³-hybridized carbons (Fsp3) is 0.353. The van der Waals surface area contributed by atoms with Crippen molar-refractivity contribution in [3.63, 3.8) is 0 Å². The molecular weight excluding hydrogens is 248 g/mol. The number of pyridine rings is 1. The van der Waals surface area contributed by atoms with Gasteiger partial charge in [-0.1, -0.05) is 32.9 Å². The summed E-state index contributed by atoms with van der Waals surface area (Å²) in [6, 6.07) is 10.3. The summed E-state index contributed by atoms with van der Waals surface area (Å²) >= 11 is 0. The lowest BCUT2D eigenvalue weighted by atomic mass is 9.87. The number of nitrogens with zero attached hydrogens (tertiary/aromatic N) is 1. The number of rotatable bonds is 4. The van der Waals surface area contributed by atoms with Crippen LogP contribution in [0.3, 0.4) is 0 Å². The van der Waals surface area contributed by atoms with E-state index in [0.717, 1.165) is 23.5 Å². The summed E-state index contributed by atoms with van der Waals surface area (Å²) in [5.41, 5.74) is 3.57. The zero-order valence-electron chi connectivity index (χ0n) is 12.6. The molecule has 0 aliphatic heterocycles. The summed E-state index contributed by atoms with van der Waals surface area (Å²) in [5.74, 6) is 0.863. The topological polar surface area (TPSA) is 34.1 Å². The van der Waals surface area contributed by atoms with Gasteiger partial charge in [-0.05, 0) is 34.7 Å². The lowest BCUT2D eigenvalue weighted by molar-refractivity contribution is 0.416. The number of methoxy groups -OCH3 is 1. The first-order valence-electron chi connectivity index (χ1n) is 6.82. The van der Waals surface area contributed by atoms with Gasteiger partial charge in [-0.15, -0.1) is 0 Å². The van der Waals surface area contributed by atoms with Crippen LogP contribution in [0.25, 0.3) is 0 Å². The summed E-state index contributed by atoms with van der Waals surface area (Å²) in [6.45, 7) is 7.36. The van der Waals surface area contributed by atoms with Crippen LogP contribution in [0.15, 0.2) is 42.7 Å². The number of hydrogen-bond acceptors (Lipinski definition) is 3. The first-order valence-corrected chi connectivity index (χ1v) is 6.82. The van der Waals surface area contributed by atoms with E-state index < -0.39 is 0 Å². The Balaban J connectivity index is 2.21. The maximum Gasteiger partial charge on any atom is 0.141 e. The molecule has 0 amide bonds. The molecule has 1 heterocycles. The van der Waals surface area contributed by atoms with Crippen LogP contribution >= 0.6 is 0 Å². The molecule has 1 aromatic carbocycles. The van der Waals surface area contributed by atoms with E-state index in [1.54, 1.807) is 13.3 Å². The van der Waals surface area contributed by atoms with Crippen molar-refractivity contribution < 1.29 is 4.74 Å². The quantitative estimate of drug-likeness (QED) is 0.911. The summed E-state index contributed by atoms with van der Waals surface area (Å²) in [7, 11) is 1.70. The van der Waals surface area contributed by atoms with Crippen molar-refractivity contribution in [2.45, 2.75) is 32.7 Å². The molecule has 0 aliphatic rings. The maximum absolute atomic E-state index is 5.42. The Labute approximate surface area is 121 Å². The van der Waals surface area contributed by atoms with Gasteiger partial charge in [0, 0.05) is 18.9 Å². The van der Waals surface area contributed by atoms with Crippen LogP contribution in [-0.2, 0) is 12.0 Å². The highest BCUT2D eigenvalue weighted by atomic mass is 16.5. The van der Waals surface area contributed by atoms with E-state index in [9.17, 15) is 0 Å². The van der Waals surface area contributed by atoms with E-state index >= 15 is 0 Å². The molecule has 0 unspecified atom stereocenters. The van der Waals surface area contributed by atoms with E-state index in [0.29, 0.717) is 0 Å². The van der Waals surface area contributed by atoms with Crippen LogP contribution in [0.1, 0.15) is 31.9 Å². The molecule has 1 aromatic heterocycles. The Hall–Kier alpha value is -2.03. The Morgan fingerprint density at radius 2 is 2.00 bits per heavy atom. The third-order valence-corrected chi connectivity index (χ3v) is 3.27. The molecule has 2 aromatic rings. The third kappa shape index (κ3) is 3.50. The lowest BCUT2D eigenvalue weighted by Gasteiger charge is -2.21. The lowest BCUT2D eigenvalue weighted by Crippen LogP contribution is -2.12. The largest absolute Gasteiger partial charge is 0.495 e. The van der Waals surface area contributed by atoms with E-state index in [1.165, 1.54) is 5.56 Å². The van der Waals surface area contributed by atoms with Crippen molar-refractivity contribution in [2.75, 3.05) is 12.4 Å². The second-order valence-electron chi connectivity index (χ2n) is 5.88. The predicted molar refractivity (Wildman–Crippen MR) is 83.3 cm³/mol. The van der Waals surface area contributed by atoms with Gasteiger partial charge in [-0.25, -0.2) is 0 Å². The molecule has 3 heteroatoms. The van der Waals surface area contributed by atoms with Crippen LogP contribution in [-0.4, -0.2) is 12.1 Å². The monoisotopic (exact) mass is 270 g/mol. The van der Waals surface area contributed by atoms with Crippen molar-refractivity contribution in [1.82, 2.24) is 4.98 Å². The molecule has 0 saturated carbocycles.